The molecule has 0 bridgehead atoms. The topological polar surface area (TPSA) is 71.6 Å². The van der Waals surface area contributed by atoms with Crippen molar-refractivity contribution in [2.24, 2.45) is 13.0 Å². The number of likely N-dealkylation sites (N-methyl/N-ethyl adjacent to an activating group) is 1. The van der Waals surface area contributed by atoms with Crippen molar-refractivity contribution in [1.29, 1.82) is 0 Å². The third-order valence-electron chi connectivity index (χ3n) is 9.55. The highest BCUT2D eigenvalue weighted by Crippen LogP contribution is 2.52. The van der Waals surface area contributed by atoms with Gasteiger partial charge in [-0.25, -0.2) is 4.98 Å². The van der Waals surface area contributed by atoms with Crippen LogP contribution >= 0.6 is 0 Å². The van der Waals surface area contributed by atoms with Crippen LogP contribution in [0.5, 0.6) is 0 Å². The van der Waals surface area contributed by atoms with Crippen molar-refractivity contribution >= 4 is 11.3 Å². The number of hydrogen-bond donors (Lipinski definition) is 0. The van der Waals surface area contributed by atoms with Crippen LogP contribution < -0.4 is 10.5 Å². The number of alkyl halides is 3. The average Bonchev–Trinajstić information content (AvgIpc) is 3.57. The number of nitrogens with zero attached hydrogens (tertiary/aromatic N) is 7. The Labute approximate surface area is 235 Å². The van der Waals surface area contributed by atoms with Gasteiger partial charge in [0.05, 0.1) is 16.7 Å². The Balaban J connectivity index is 1.34. The molecule has 0 radical (unpaired) electrons. The number of hydrogen-bond acceptors (Lipinski definition) is 6. The summed E-state index contributed by atoms with van der Waals surface area (Å²) in [5.74, 6) is 1.37. The summed E-state index contributed by atoms with van der Waals surface area (Å²) in [5.41, 5.74) is 0.134. The van der Waals surface area contributed by atoms with Gasteiger partial charge in [-0.2, -0.15) is 13.2 Å². The molecule has 8 nitrogen and oxygen atoms in total. The molecule has 214 valence electrons. The van der Waals surface area contributed by atoms with E-state index in [9.17, 15) is 18.0 Å². The van der Waals surface area contributed by atoms with Crippen LogP contribution in [0, 0.1) is 5.92 Å². The molecule has 1 aromatic carbocycles. The van der Waals surface area contributed by atoms with Crippen molar-refractivity contribution in [3.63, 3.8) is 0 Å². The van der Waals surface area contributed by atoms with Gasteiger partial charge in [0.2, 0.25) is 0 Å². The fourth-order valence-electron chi connectivity index (χ4n) is 7.10. The van der Waals surface area contributed by atoms with Crippen molar-refractivity contribution in [2.75, 3.05) is 31.6 Å². The molecule has 1 aliphatic heterocycles. The third kappa shape index (κ3) is 4.07. The van der Waals surface area contributed by atoms with Crippen LogP contribution in [0.1, 0.15) is 49.6 Å². The second-order valence-electron chi connectivity index (χ2n) is 12.3. The summed E-state index contributed by atoms with van der Waals surface area (Å²) in [6.07, 6.45) is 3.67. The van der Waals surface area contributed by atoms with E-state index in [0.29, 0.717) is 30.3 Å². The monoisotopic (exact) mass is 563 g/mol. The van der Waals surface area contributed by atoms with E-state index in [4.69, 9.17) is 0 Å². The van der Waals surface area contributed by atoms with Gasteiger partial charge in [0.15, 0.2) is 5.65 Å². The van der Waals surface area contributed by atoms with Gasteiger partial charge in [-0.1, -0.05) is 25.1 Å². The molecule has 0 atom stereocenters. The summed E-state index contributed by atoms with van der Waals surface area (Å²) >= 11 is 0. The number of aromatic nitrogens is 5. The van der Waals surface area contributed by atoms with Gasteiger partial charge >= 0.3 is 6.18 Å². The predicted octanol–water partition coefficient (Wildman–Crippen LogP) is 4.51. The molecule has 1 spiro atoms. The minimum Gasteiger partial charge on any atom is -0.367 e. The van der Waals surface area contributed by atoms with Crippen LogP contribution in [0.3, 0.4) is 0 Å². The zero-order valence-electron chi connectivity index (χ0n) is 23.3. The fraction of sp³-hybridized carbons (Fsp3) is 0.467. The molecule has 0 N–H and O–H groups in total. The molecule has 3 aliphatic rings. The highest BCUT2D eigenvalue weighted by atomic mass is 19.4. The first-order valence-electron chi connectivity index (χ1n) is 14.0. The van der Waals surface area contributed by atoms with Crippen LogP contribution in [0.2, 0.25) is 0 Å². The highest BCUT2D eigenvalue weighted by molar-refractivity contribution is 5.67. The smallest absolute Gasteiger partial charge is 0.367 e. The normalized spacial score (nSPS) is 24.1. The summed E-state index contributed by atoms with van der Waals surface area (Å²) in [6.45, 7) is 4.18. The summed E-state index contributed by atoms with van der Waals surface area (Å²) in [6, 6.07) is 8.82. The largest absolute Gasteiger partial charge is 0.420 e. The lowest BCUT2D eigenvalue weighted by Gasteiger charge is -2.46. The maximum absolute atomic E-state index is 14.3. The van der Waals surface area contributed by atoms with E-state index in [1.54, 1.807) is 6.33 Å². The number of aryl methyl sites for hydroxylation is 1. The van der Waals surface area contributed by atoms with E-state index >= 15 is 0 Å². The third-order valence-corrected chi connectivity index (χ3v) is 9.55. The second-order valence-corrected chi connectivity index (χ2v) is 12.3. The molecule has 7 rings (SSSR count). The van der Waals surface area contributed by atoms with E-state index in [0.717, 1.165) is 54.1 Å². The number of fused-ring (bicyclic) bond motifs is 1. The van der Waals surface area contributed by atoms with Crippen molar-refractivity contribution in [2.45, 2.75) is 49.7 Å². The van der Waals surface area contributed by atoms with Gasteiger partial charge in [0, 0.05) is 44.6 Å². The molecule has 2 aliphatic carbocycles. The molecule has 11 heteroatoms. The Hall–Kier alpha value is -3.73. The van der Waals surface area contributed by atoms with Crippen LogP contribution in [0.4, 0.5) is 18.9 Å². The zero-order valence-corrected chi connectivity index (χ0v) is 23.3. The number of benzene rings is 1. The molecular formula is C30H32F3N7O. The summed E-state index contributed by atoms with van der Waals surface area (Å²) in [5, 5.41) is 8.50. The summed E-state index contributed by atoms with van der Waals surface area (Å²) in [4.78, 5) is 22.4. The van der Waals surface area contributed by atoms with E-state index in [1.165, 1.54) is 12.4 Å². The van der Waals surface area contributed by atoms with Crippen LogP contribution in [0.15, 0.2) is 53.8 Å². The first kappa shape index (κ1) is 26.2. The lowest BCUT2D eigenvalue weighted by Crippen LogP contribution is -2.53. The molecule has 0 amide bonds. The van der Waals surface area contributed by atoms with E-state index in [2.05, 4.69) is 34.1 Å². The molecule has 3 aromatic heterocycles. The number of pyridine rings is 1. The minimum absolute atomic E-state index is 0.00873. The predicted molar refractivity (Wildman–Crippen MR) is 149 cm³/mol. The maximum Gasteiger partial charge on any atom is 0.420 e. The van der Waals surface area contributed by atoms with Crippen molar-refractivity contribution < 1.29 is 13.2 Å². The van der Waals surface area contributed by atoms with E-state index in [1.807, 2.05) is 40.8 Å². The first-order chi connectivity index (χ1) is 19.5. The molecule has 3 fully saturated rings. The number of anilines is 1. The van der Waals surface area contributed by atoms with E-state index in [-0.39, 0.29) is 22.2 Å². The van der Waals surface area contributed by atoms with Gasteiger partial charge in [-0.3, -0.25) is 14.1 Å². The lowest BCUT2D eigenvalue weighted by molar-refractivity contribution is -0.136. The van der Waals surface area contributed by atoms with Gasteiger partial charge in [-0.15, -0.1) is 10.2 Å². The van der Waals surface area contributed by atoms with Gasteiger partial charge < -0.3 is 9.47 Å². The minimum atomic E-state index is -4.66. The number of halogens is 3. The van der Waals surface area contributed by atoms with Crippen molar-refractivity contribution in [3.05, 3.63) is 76.4 Å². The number of rotatable bonds is 4. The highest BCUT2D eigenvalue weighted by Gasteiger charge is 2.50. The standard InChI is InChI=1S/C30H32F3N7O/c1-19-13-29(14-19,27-36-35-18-37(27)2)21-6-4-5-20(11-21)23-15-34-25-24(30(31,32)33)12-22(16-40(25)26(23)41)39-10-9-38(3)28(17-39)7-8-28/h4-6,11-12,15-16,18-19H,7-10,13-14,17H2,1-3H3. The molecule has 2 saturated carbocycles. The average molecular weight is 564 g/mol. The van der Waals surface area contributed by atoms with Crippen LogP contribution in [0.25, 0.3) is 16.8 Å². The zero-order chi connectivity index (χ0) is 28.7. The summed E-state index contributed by atoms with van der Waals surface area (Å²) in [7, 11) is 3.99. The van der Waals surface area contributed by atoms with Crippen molar-refractivity contribution in [1.82, 2.24) is 29.0 Å². The molecular weight excluding hydrogens is 531 g/mol. The molecule has 41 heavy (non-hydrogen) atoms. The quantitative estimate of drug-likeness (QED) is 0.364. The Morgan fingerprint density at radius 3 is 2.51 bits per heavy atom. The second kappa shape index (κ2) is 8.88. The lowest BCUT2D eigenvalue weighted by atomic mass is 9.58. The molecule has 0 unspecified atom stereocenters. The Bertz CT molecular complexity index is 1720. The first-order valence-corrected chi connectivity index (χ1v) is 14.0. The SMILES string of the molecule is CC1CC(c2cccc(-c3cnc4c(C(F)(F)F)cc(N5CCN(C)C6(CC6)C5)cn4c3=O)c2)(c2nncn2C)C1. The van der Waals surface area contributed by atoms with Crippen LogP contribution in [-0.4, -0.2) is 61.3 Å². The molecule has 1 saturated heterocycles. The number of piperazine rings is 1. The Kier molecular flexibility index (Phi) is 5.67. The van der Waals surface area contributed by atoms with E-state index < -0.39 is 17.3 Å². The van der Waals surface area contributed by atoms with Crippen molar-refractivity contribution in [3.8, 4) is 11.1 Å². The van der Waals surface area contributed by atoms with Gasteiger partial charge in [-0.05, 0) is 61.9 Å². The fourth-order valence-corrected chi connectivity index (χ4v) is 7.10. The Morgan fingerprint density at radius 2 is 1.85 bits per heavy atom. The van der Waals surface area contributed by atoms with Gasteiger partial charge in [0.25, 0.3) is 5.56 Å². The summed E-state index contributed by atoms with van der Waals surface area (Å²) < 4.78 is 45.9. The van der Waals surface area contributed by atoms with Gasteiger partial charge in [0.1, 0.15) is 17.7 Å². The maximum atomic E-state index is 14.3. The van der Waals surface area contributed by atoms with Crippen LogP contribution in [-0.2, 0) is 18.6 Å². The molecule has 4 aromatic rings. The molecule has 4 heterocycles. The Morgan fingerprint density at radius 1 is 1.07 bits per heavy atom.